The Hall–Kier alpha value is -2.41. The number of ether oxygens (including phenoxy) is 2. The van der Waals surface area contributed by atoms with Gasteiger partial charge in [-0.2, -0.15) is 0 Å². The van der Waals surface area contributed by atoms with Gasteiger partial charge in [-0.15, -0.1) is 0 Å². The van der Waals surface area contributed by atoms with Crippen LogP contribution in [0.25, 0.3) is 0 Å². The number of hydrogen-bond donors (Lipinski definition) is 1. The van der Waals surface area contributed by atoms with Crippen molar-refractivity contribution in [1.29, 1.82) is 0 Å². The summed E-state index contributed by atoms with van der Waals surface area (Å²) in [6, 6.07) is 6.91. The summed E-state index contributed by atoms with van der Waals surface area (Å²) >= 11 is 1.10. The summed E-state index contributed by atoms with van der Waals surface area (Å²) in [5.41, 5.74) is 0.990. The fourth-order valence-corrected chi connectivity index (χ4v) is 2.84. The average Bonchev–Trinajstić information content (AvgIpc) is 2.87. The highest BCUT2D eigenvalue weighted by Gasteiger charge is 2.18. The molecule has 0 saturated heterocycles. The van der Waals surface area contributed by atoms with Crippen LogP contribution < -0.4 is 10.1 Å². The molecule has 1 N–H and O–H groups in total. The highest BCUT2D eigenvalue weighted by Crippen LogP contribution is 2.24. The molecule has 0 bridgehead atoms. The topological polar surface area (TPSA) is 77.5 Å². The number of aromatic nitrogens is 1. The lowest BCUT2D eigenvalue weighted by Gasteiger charge is -2.10. The molecule has 2 aromatic rings. The molecule has 0 unspecified atom stereocenters. The maximum atomic E-state index is 12.4. The van der Waals surface area contributed by atoms with E-state index in [9.17, 15) is 9.59 Å². The molecule has 128 valence electrons. The normalized spacial score (nSPS) is 10.5. The highest BCUT2D eigenvalue weighted by atomic mass is 32.1. The zero-order chi connectivity index (χ0) is 17.7. The molecule has 1 heterocycles. The summed E-state index contributed by atoms with van der Waals surface area (Å²) in [5, 5.41) is 3.06. The minimum atomic E-state index is -0.430. The van der Waals surface area contributed by atoms with Crippen molar-refractivity contribution in [2.45, 2.75) is 33.8 Å². The van der Waals surface area contributed by atoms with Gasteiger partial charge in [0.15, 0.2) is 5.13 Å². The van der Waals surface area contributed by atoms with E-state index in [4.69, 9.17) is 9.47 Å². The van der Waals surface area contributed by atoms with Gasteiger partial charge in [0.05, 0.1) is 18.4 Å². The third-order valence-electron chi connectivity index (χ3n) is 2.95. The van der Waals surface area contributed by atoms with Crippen LogP contribution in [0.5, 0.6) is 5.75 Å². The third-order valence-corrected chi connectivity index (χ3v) is 4.00. The van der Waals surface area contributed by atoms with Crippen LogP contribution in [0.3, 0.4) is 0 Å². The Morgan fingerprint density at radius 3 is 2.75 bits per heavy atom. The fraction of sp³-hybridized carbons (Fsp3) is 0.353. The number of carbonyl (C=O) groups excluding carboxylic acids is 2. The van der Waals surface area contributed by atoms with E-state index in [1.54, 1.807) is 38.1 Å². The fourth-order valence-electron chi connectivity index (χ4n) is 1.99. The first-order valence-corrected chi connectivity index (χ1v) is 8.45. The molecule has 6 nitrogen and oxygen atoms in total. The molecule has 0 atom stereocenters. The minimum Gasteiger partial charge on any atom is -0.491 e. The Labute approximate surface area is 144 Å². The van der Waals surface area contributed by atoms with Crippen LogP contribution in [-0.2, 0) is 4.74 Å². The minimum absolute atomic E-state index is 0.0251. The molecule has 0 radical (unpaired) electrons. The lowest BCUT2D eigenvalue weighted by atomic mass is 10.2. The van der Waals surface area contributed by atoms with Crippen molar-refractivity contribution in [1.82, 2.24) is 4.98 Å². The molecule has 0 fully saturated rings. The molecular weight excluding hydrogens is 328 g/mol. The second-order valence-electron chi connectivity index (χ2n) is 5.30. The Morgan fingerprint density at radius 2 is 2.08 bits per heavy atom. The van der Waals surface area contributed by atoms with E-state index in [0.29, 0.717) is 33.6 Å². The Bertz CT molecular complexity index is 740. The number of rotatable bonds is 6. The lowest BCUT2D eigenvalue weighted by molar-refractivity contribution is 0.0531. The number of aryl methyl sites for hydroxylation is 1. The SMILES string of the molecule is CCOC(=O)c1sc(NC(=O)c2cccc(OC(C)C)c2)nc1C. The van der Waals surface area contributed by atoms with Crippen molar-refractivity contribution in [3.05, 3.63) is 40.4 Å². The van der Waals surface area contributed by atoms with Crippen LogP contribution in [-0.4, -0.2) is 29.6 Å². The van der Waals surface area contributed by atoms with Crippen LogP contribution in [0.4, 0.5) is 5.13 Å². The lowest BCUT2D eigenvalue weighted by Crippen LogP contribution is -2.12. The number of carbonyl (C=O) groups is 2. The monoisotopic (exact) mass is 348 g/mol. The summed E-state index contributed by atoms with van der Waals surface area (Å²) in [4.78, 5) is 28.8. The molecule has 0 aliphatic rings. The first-order chi connectivity index (χ1) is 11.4. The van der Waals surface area contributed by atoms with Gasteiger partial charge in [0, 0.05) is 5.56 Å². The van der Waals surface area contributed by atoms with E-state index in [1.165, 1.54) is 0 Å². The molecule has 24 heavy (non-hydrogen) atoms. The Balaban J connectivity index is 2.12. The standard InChI is InChI=1S/C17H20N2O4S/c1-5-22-16(21)14-11(4)18-17(24-14)19-15(20)12-7-6-8-13(9-12)23-10(2)3/h6-10H,5H2,1-4H3,(H,18,19,20). The Morgan fingerprint density at radius 1 is 1.33 bits per heavy atom. The predicted molar refractivity (Wildman–Crippen MR) is 93.0 cm³/mol. The van der Waals surface area contributed by atoms with E-state index in [2.05, 4.69) is 10.3 Å². The van der Waals surface area contributed by atoms with Crippen LogP contribution in [0.15, 0.2) is 24.3 Å². The van der Waals surface area contributed by atoms with Crippen molar-refractivity contribution in [3.63, 3.8) is 0 Å². The van der Waals surface area contributed by atoms with Crippen molar-refractivity contribution in [2.75, 3.05) is 11.9 Å². The van der Waals surface area contributed by atoms with E-state index < -0.39 is 5.97 Å². The summed E-state index contributed by atoms with van der Waals surface area (Å²) in [6.07, 6.45) is 0.0251. The number of nitrogens with zero attached hydrogens (tertiary/aromatic N) is 1. The molecule has 1 aromatic carbocycles. The average molecular weight is 348 g/mol. The van der Waals surface area contributed by atoms with E-state index in [-0.39, 0.29) is 12.0 Å². The number of anilines is 1. The molecule has 7 heteroatoms. The molecule has 0 spiro atoms. The van der Waals surface area contributed by atoms with E-state index in [0.717, 1.165) is 11.3 Å². The number of esters is 1. The maximum Gasteiger partial charge on any atom is 0.350 e. The zero-order valence-corrected chi connectivity index (χ0v) is 14.9. The van der Waals surface area contributed by atoms with Crippen molar-refractivity contribution >= 4 is 28.3 Å². The van der Waals surface area contributed by atoms with Gasteiger partial charge in [0.2, 0.25) is 0 Å². The zero-order valence-electron chi connectivity index (χ0n) is 14.1. The first-order valence-electron chi connectivity index (χ1n) is 7.63. The van der Waals surface area contributed by atoms with Gasteiger partial charge in [-0.3, -0.25) is 10.1 Å². The van der Waals surface area contributed by atoms with Gasteiger partial charge >= 0.3 is 5.97 Å². The van der Waals surface area contributed by atoms with Gasteiger partial charge in [0.25, 0.3) is 5.91 Å². The van der Waals surface area contributed by atoms with Gasteiger partial charge in [-0.1, -0.05) is 17.4 Å². The van der Waals surface area contributed by atoms with E-state index >= 15 is 0 Å². The van der Waals surface area contributed by atoms with Crippen LogP contribution in [0, 0.1) is 6.92 Å². The Kier molecular flexibility index (Phi) is 5.92. The number of nitrogens with one attached hydrogen (secondary N) is 1. The first kappa shape index (κ1) is 17.9. The summed E-state index contributed by atoms with van der Waals surface area (Å²) in [7, 11) is 0. The summed E-state index contributed by atoms with van der Waals surface area (Å²) in [6.45, 7) is 7.57. The van der Waals surface area contributed by atoms with Gasteiger partial charge in [0.1, 0.15) is 10.6 Å². The number of benzene rings is 1. The molecule has 2 rings (SSSR count). The number of thiazole rings is 1. The number of hydrogen-bond acceptors (Lipinski definition) is 6. The third kappa shape index (κ3) is 4.55. The quantitative estimate of drug-likeness (QED) is 0.806. The molecular formula is C17H20N2O4S. The van der Waals surface area contributed by atoms with Crippen molar-refractivity contribution in [3.8, 4) is 5.75 Å². The van der Waals surface area contributed by atoms with Gasteiger partial charge < -0.3 is 9.47 Å². The van der Waals surface area contributed by atoms with Gasteiger partial charge in [-0.25, -0.2) is 9.78 Å². The van der Waals surface area contributed by atoms with E-state index in [1.807, 2.05) is 13.8 Å². The van der Waals surface area contributed by atoms with Crippen LogP contribution in [0.1, 0.15) is 46.5 Å². The number of amides is 1. The molecule has 0 saturated carbocycles. The largest absolute Gasteiger partial charge is 0.491 e. The summed E-state index contributed by atoms with van der Waals surface area (Å²) in [5.74, 6) is -0.117. The smallest absolute Gasteiger partial charge is 0.350 e. The van der Waals surface area contributed by atoms with Gasteiger partial charge in [-0.05, 0) is 45.9 Å². The molecule has 0 aliphatic heterocycles. The highest BCUT2D eigenvalue weighted by molar-refractivity contribution is 7.17. The predicted octanol–water partition coefficient (Wildman–Crippen LogP) is 3.67. The maximum absolute atomic E-state index is 12.4. The second kappa shape index (κ2) is 7.92. The van der Waals surface area contributed by atoms with Crippen molar-refractivity contribution < 1.29 is 19.1 Å². The van der Waals surface area contributed by atoms with Crippen molar-refractivity contribution in [2.24, 2.45) is 0 Å². The molecule has 0 aliphatic carbocycles. The molecule has 1 aromatic heterocycles. The summed E-state index contributed by atoms with van der Waals surface area (Å²) < 4.78 is 10.5. The van der Waals surface area contributed by atoms with Crippen LogP contribution >= 0.6 is 11.3 Å². The molecule has 1 amide bonds. The second-order valence-corrected chi connectivity index (χ2v) is 6.30. The van der Waals surface area contributed by atoms with Crippen LogP contribution in [0.2, 0.25) is 0 Å².